The zero-order valence-corrected chi connectivity index (χ0v) is 15.4. The van der Waals surface area contributed by atoms with Gasteiger partial charge in [0.05, 0.1) is 18.0 Å². The van der Waals surface area contributed by atoms with E-state index in [1.165, 1.54) is 0 Å². The van der Waals surface area contributed by atoms with Crippen molar-refractivity contribution in [2.24, 2.45) is 0 Å². The van der Waals surface area contributed by atoms with Gasteiger partial charge in [-0.05, 0) is 37.1 Å². The lowest BCUT2D eigenvalue weighted by Crippen LogP contribution is -2.53. The third kappa shape index (κ3) is 5.70. The van der Waals surface area contributed by atoms with Crippen molar-refractivity contribution in [2.45, 2.75) is 24.0 Å². The molecule has 0 aliphatic carbocycles. The zero-order valence-electron chi connectivity index (χ0n) is 14.6. The number of rotatable bonds is 7. The highest BCUT2D eigenvalue weighted by molar-refractivity contribution is 7.89. The quantitative estimate of drug-likeness (QED) is 0.403. The van der Waals surface area contributed by atoms with Crippen molar-refractivity contribution in [1.29, 1.82) is 0 Å². The summed E-state index contributed by atoms with van der Waals surface area (Å²) in [4.78, 5) is 23.3. The summed E-state index contributed by atoms with van der Waals surface area (Å²) >= 11 is 0. The molecule has 27 heavy (non-hydrogen) atoms. The van der Waals surface area contributed by atoms with Crippen LogP contribution in [0.4, 0.5) is 4.39 Å². The van der Waals surface area contributed by atoms with Gasteiger partial charge in [0.15, 0.2) is 0 Å². The van der Waals surface area contributed by atoms with Crippen LogP contribution in [0.2, 0.25) is 0 Å². The summed E-state index contributed by atoms with van der Waals surface area (Å²) in [6.07, 6.45) is -0.205. The summed E-state index contributed by atoms with van der Waals surface area (Å²) in [7, 11) is -3.95. The number of aliphatic hydroxyl groups is 1. The highest BCUT2D eigenvalue weighted by atomic mass is 32.2. The average Bonchev–Trinajstić information content (AvgIpc) is 2.66. The van der Waals surface area contributed by atoms with Gasteiger partial charge >= 0.3 is 11.8 Å². The minimum absolute atomic E-state index is 0.0903. The molecule has 1 heterocycles. The van der Waals surface area contributed by atoms with Gasteiger partial charge < -0.3 is 20.5 Å². The van der Waals surface area contributed by atoms with Gasteiger partial charge in [0.1, 0.15) is 12.0 Å². The van der Waals surface area contributed by atoms with Gasteiger partial charge in [-0.3, -0.25) is 9.59 Å². The first-order valence-corrected chi connectivity index (χ1v) is 9.86. The SMILES string of the molecule is O=C(NCCCO)C(=O)NCC1OCCCN1S(=O)(=O)c1ccc(F)cc1. The fourth-order valence-electron chi connectivity index (χ4n) is 2.47. The number of hydrogen-bond acceptors (Lipinski definition) is 6. The van der Waals surface area contributed by atoms with E-state index >= 15 is 0 Å². The second kappa shape index (κ2) is 9.74. The number of nitrogens with zero attached hydrogens (tertiary/aromatic N) is 1. The molecule has 9 nitrogen and oxygen atoms in total. The summed E-state index contributed by atoms with van der Waals surface area (Å²) in [5, 5.41) is 13.3. The minimum Gasteiger partial charge on any atom is -0.396 e. The number of carbonyl (C=O) groups excluding carboxylic acids is 2. The van der Waals surface area contributed by atoms with E-state index in [9.17, 15) is 22.4 Å². The van der Waals surface area contributed by atoms with E-state index in [1.807, 2.05) is 0 Å². The van der Waals surface area contributed by atoms with Crippen molar-refractivity contribution in [3.8, 4) is 0 Å². The lowest BCUT2D eigenvalue weighted by Gasteiger charge is -2.34. The molecule has 1 aliphatic rings. The number of carbonyl (C=O) groups is 2. The van der Waals surface area contributed by atoms with Gasteiger partial charge in [-0.1, -0.05) is 0 Å². The topological polar surface area (TPSA) is 125 Å². The number of ether oxygens (including phenoxy) is 1. The minimum atomic E-state index is -3.95. The lowest BCUT2D eigenvalue weighted by atomic mass is 10.3. The third-order valence-electron chi connectivity index (χ3n) is 3.84. The molecule has 1 aromatic rings. The Morgan fingerprint density at radius 1 is 1.22 bits per heavy atom. The molecule has 11 heteroatoms. The first-order valence-electron chi connectivity index (χ1n) is 8.42. The highest BCUT2D eigenvalue weighted by Crippen LogP contribution is 2.22. The Labute approximate surface area is 156 Å². The normalized spacial score (nSPS) is 18.1. The van der Waals surface area contributed by atoms with Crippen molar-refractivity contribution in [3.63, 3.8) is 0 Å². The Morgan fingerprint density at radius 3 is 2.56 bits per heavy atom. The molecule has 1 atom stereocenters. The van der Waals surface area contributed by atoms with Gasteiger partial charge in [-0.15, -0.1) is 0 Å². The maximum Gasteiger partial charge on any atom is 0.309 e. The number of sulfonamides is 1. The number of aliphatic hydroxyl groups excluding tert-OH is 1. The maximum absolute atomic E-state index is 13.1. The molecular formula is C16H22FN3O6S. The summed E-state index contributed by atoms with van der Waals surface area (Å²) in [5.41, 5.74) is 0. The van der Waals surface area contributed by atoms with Crippen LogP contribution in [0.1, 0.15) is 12.8 Å². The van der Waals surface area contributed by atoms with Crippen LogP contribution in [0, 0.1) is 5.82 Å². The molecule has 2 rings (SSSR count). The lowest BCUT2D eigenvalue weighted by molar-refractivity contribution is -0.140. The van der Waals surface area contributed by atoms with Crippen LogP contribution in [0.3, 0.4) is 0 Å². The Balaban J connectivity index is 2.01. The first kappa shape index (κ1) is 21.2. The molecule has 0 aromatic heterocycles. The molecule has 0 radical (unpaired) electrons. The average molecular weight is 403 g/mol. The summed E-state index contributed by atoms with van der Waals surface area (Å²) in [6, 6.07) is 4.41. The summed E-state index contributed by atoms with van der Waals surface area (Å²) < 4.78 is 45.1. The molecule has 0 spiro atoms. The zero-order chi connectivity index (χ0) is 19.9. The molecule has 0 bridgehead atoms. The second-order valence-corrected chi connectivity index (χ2v) is 7.68. The van der Waals surface area contributed by atoms with Gasteiger partial charge in [-0.25, -0.2) is 12.8 Å². The Morgan fingerprint density at radius 2 is 1.89 bits per heavy atom. The van der Waals surface area contributed by atoms with Crippen LogP contribution in [-0.2, 0) is 24.3 Å². The van der Waals surface area contributed by atoms with Crippen LogP contribution in [-0.4, -0.2) is 68.7 Å². The van der Waals surface area contributed by atoms with Crippen molar-refractivity contribution in [2.75, 3.05) is 32.8 Å². The summed E-state index contributed by atoms with van der Waals surface area (Å²) in [6.45, 7) is 0.288. The first-order chi connectivity index (χ1) is 12.9. The van der Waals surface area contributed by atoms with E-state index in [0.29, 0.717) is 19.4 Å². The molecule has 2 amide bonds. The van der Waals surface area contributed by atoms with E-state index in [2.05, 4.69) is 10.6 Å². The molecule has 3 N–H and O–H groups in total. The monoisotopic (exact) mass is 403 g/mol. The van der Waals surface area contributed by atoms with Gasteiger partial charge in [-0.2, -0.15) is 4.31 Å². The molecular weight excluding hydrogens is 381 g/mol. The fraction of sp³-hybridized carbons (Fsp3) is 0.500. The van der Waals surface area contributed by atoms with Crippen molar-refractivity contribution >= 4 is 21.8 Å². The summed E-state index contributed by atoms with van der Waals surface area (Å²) in [5.74, 6) is -2.37. The van der Waals surface area contributed by atoms with Crippen molar-refractivity contribution in [3.05, 3.63) is 30.1 Å². The van der Waals surface area contributed by atoms with E-state index in [4.69, 9.17) is 9.84 Å². The van der Waals surface area contributed by atoms with E-state index in [1.54, 1.807) is 0 Å². The number of amides is 2. The number of benzene rings is 1. The van der Waals surface area contributed by atoms with Crippen molar-refractivity contribution < 1.29 is 32.2 Å². The highest BCUT2D eigenvalue weighted by Gasteiger charge is 2.34. The Hall–Kier alpha value is -2.08. The molecule has 1 saturated heterocycles. The standard InChI is InChI=1S/C16H22FN3O6S/c17-12-3-5-13(6-4-12)27(24,25)20-8-2-10-26-14(20)11-19-16(23)15(22)18-7-1-9-21/h3-6,14,21H,1-2,7-11H2,(H,18,22)(H,19,23). The molecule has 1 unspecified atom stereocenters. The third-order valence-corrected chi connectivity index (χ3v) is 5.74. The van der Waals surface area contributed by atoms with Gasteiger partial charge in [0.2, 0.25) is 10.0 Å². The van der Waals surface area contributed by atoms with Gasteiger partial charge in [0.25, 0.3) is 0 Å². The molecule has 0 saturated carbocycles. The second-order valence-electron chi connectivity index (χ2n) is 5.79. The fourth-order valence-corrected chi connectivity index (χ4v) is 4.03. The number of nitrogens with one attached hydrogen (secondary N) is 2. The van der Waals surface area contributed by atoms with Crippen LogP contribution >= 0.6 is 0 Å². The maximum atomic E-state index is 13.1. The molecule has 1 aromatic carbocycles. The van der Waals surface area contributed by atoms with E-state index in [-0.39, 0.29) is 31.1 Å². The smallest absolute Gasteiger partial charge is 0.309 e. The number of halogens is 1. The van der Waals surface area contributed by atoms with Crippen LogP contribution < -0.4 is 10.6 Å². The van der Waals surface area contributed by atoms with Crippen LogP contribution in [0.25, 0.3) is 0 Å². The largest absolute Gasteiger partial charge is 0.396 e. The van der Waals surface area contributed by atoms with Crippen LogP contribution in [0.5, 0.6) is 0 Å². The molecule has 1 aliphatic heterocycles. The Bertz CT molecular complexity index is 756. The Kier molecular flexibility index (Phi) is 7.66. The van der Waals surface area contributed by atoms with Gasteiger partial charge in [0, 0.05) is 19.7 Å². The van der Waals surface area contributed by atoms with Crippen LogP contribution in [0.15, 0.2) is 29.2 Å². The number of hydrogen-bond donors (Lipinski definition) is 3. The van der Waals surface area contributed by atoms with E-state index < -0.39 is 33.9 Å². The van der Waals surface area contributed by atoms with E-state index in [0.717, 1.165) is 28.6 Å². The molecule has 1 fully saturated rings. The van der Waals surface area contributed by atoms with Crippen molar-refractivity contribution in [1.82, 2.24) is 14.9 Å². The molecule has 150 valence electrons. The predicted molar refractivity (Wildman–Crippen MR) is 92.4 cm³/mol. The predicted octanol–water partition coefficient (Wildman–Crippen LogP) is -0.822.